The number of anilines is 1. The monoisotopic (exact) mass is 333 g/mol. The molecular weight excluding hydrogens is 310 g/mol. The van der Waals surface area contributed by atoms with Crippen LogP contribution < -0.4 is 10.5 Å². The van der Waals surface area contributed by atoms with Gasteiger partial charge in [-0.3, -0.25) is 0 Å². The Labute approximate surface area is 138 Å². The molecule has 2 rings (SSSR count). The highest BCUT2D eigenvalue weighted by Crippen LogP contribution is 2.26. The molecule has 0 atom stereocenters. The number of hydrogen-bond donors (Lipinski definition) is 2. The zero-order chi connectivity index (χ0) is 17.0. The molecule has 0 spiro atoms. The summed E-state index contributed by atoms with van der Waals surface area (Å²) in [6.45, 7) is 3.04. The molecule has 0 radical (unpaired) electrons. The van der Waals surface area contributed by atoms with Gasteiger partial charge in [0.05, 0.1) is 4.90 Å². The highest BCUT2D eigenvalue weighted by Gasteiger charge is 2.13. The predicted octanol–water partition coefficient (Wildman–Crippen LogP) is 2.08. The summed E-state index contributed by atoms with van der Waals surface area (Å²) in [5, 5.41) is 0. The summed E-state index contributed by atoms with van der Waals surface area (Å²) in [5.74, 6) is 0. The van der Waals surface area contributed by atoms with Gasteiger partial charge in [0.25, 0.3) is 0 Å². The summed E-state index contributed by atoms with van der Waals surface area (Å²) in [6.07, 6.45) is 0. The molecule has 2 aromatic rings. The molecule has 0 fully saturated rings. The minimum absolute atomic E-state index is 0.265. The van der Waals surface area contributed by atoms with Crippen LogP contribution in [-0.4, -0.2) is 40.5 Å². The molecule has 0 heterocycles. The Morgan fingerprint density at radius 3 is 2.35 bits per heavy atom. The topological polar surface area (TPSA) is 75.4 Å². The van der Waals surface area contributed by atoms with Crippen molar-refractivity contribution in [1.29, 1.82) is 0 Å². The molecule has 0 amide bonds. The number of nitrogens with two attached hydrogens (primary N) is 1. The Bertz CT molecular complexity index is 769. The average molecular weight is 333 g/mol. The van der Waals surface area contributed by atoms with Gasteiger partial charge in [-0.15, -0.1) is 0 Å². The van der Waals surface area contributed by atoms with Crippen molar-refractivity contribution >= 4 is 15.7 Å². The fourth-order valence-corrected chi connectivity index (χ4v) is 3.27. The molecule has 124 valence electrons. The number of nitrogen functional groups attached to an aromatic ring is 1. The lowest BCUT2D eigenvalue weighted by molar-refractivity contribution is 0.412. The van der Waals surface area contributed by atoms with Crippen molar-refractivity contribution in [1.82, 2.24) is 9.62 Å². The average Bonchev–Trinajstić information content (AvgIpc) is 2.49. The zero-order valence-electron chi connectivity index (χ0n) is 13.7. The minimum Gasteiger partial charge on any atom is -0.399 e. The van der Waals surface area contributed by atoms with Crippen molar-refractivity contribution < 1.29 is 8.42 Å². The van der Waals surface area contributed by atoms with Gasteiger partial charge in [0.2, 0.25) is 10.0 Å². The van der Waals surface area contributed by atoms with Crippen LogP contribution in [0.3, 0.4) is 0 Å². The molecule has 2 aromatic carbocycles. The molecule has 0 aliphatic heterocycles. The number of nitrogens with zero attached hydrogens (tertiary/aromatic N) is 1. The van der Waals surface area contributed by atoms with Gasteiger partial charge in [-0.05, 0) is 62.0 Å². The van der Waals surface area contributed by atoms with E-state index < -0.39 is 10.0 Å². The highest BCUT2D eigenvalue weighted by atomic mass is 32.2. The smallest absolute Gasteiger partial charge is 0.240 e. The van der Waals surface area contributed by atoms with Crippen LogP contribution in [0.15, 0.2) is 47.4 Å². The van der Waals surface area contributed by atoms with E-state index in [0.717, 1.165) is 16.7 Å². The van der Waals surface area contributed by atoms with Crippen LogP contribution in [0.2, 0.25) is 0 Å². The molecule has 0 aromatic heterocycles. The Balaban J connectivity index is 2.20. The molecule has 0 unspecified atom stereocenters. The van der Waals surface area contributed by atoms with Gasteiger partial charge in [-0.1, -0.05) is 18.2 Å². The molecule has 0 aliphatic rings. The third kappa shape index (κ3) is 4.54. The fraction of sp³-hybridized carbons (Fsp3) is 0.294. The summed E-state index contributed by atoms with van der Waals surface area (Å²) in [6, 6.07) is 12.6. The zero-order valence-corrected chi connectivity index (χ0v) is 14.5. The molecular formula is C17H23N3O2S. The Morgan fingerprint density at radius 2 is 1.74 bits per heavy atom. The summed E-state index contributed by atoms with van der Waals surface area (Å²) in [4.78, 5) is 2.19. The summed E-state index contributed by atoms with van der Waals surface area (Å²) in [5.41, 5.74) is 9.57. The lowest BCUT2D eigenvalue weighted by atomic mass is 10.0. The van der Waals surface area contributed by atoms with Crippen molar-refractivity contribution in [2.45, 2.75) is 11.8 Å². The number of rotatable bonds is 6. The second-order valence-electron chi connectivity index (χ2n) is 5.80. The molecule has 5 nitrogen and oxygen atoms in total. The van der Waals surface area contributed by atoms with Gasteiger partial charge in [0.1, 0.15) is 0 Å². The minimum atomic E-state index is -3.47. The molecule has 3 N–H and O–H groups in total. The lowest BCUT2D eigenvalue weighted by Crippen LogP contribution is -2.31. The maximum Gasteiger partial charge on any atom is 0.240 e. The molecule has 6 heteroatoms. The van der Waals surface area contributed by atoms with E-state index in [2.05, 4.69) is 4.72 Å². The van der Waals surface area contributed by atoms with E-state index in [1.165, 1.54) is 0 Å². The molecule has 0 saturated heterocycles. The van der Waals surface area contributed by atoms with E-state index in [-0.39, 0.29) is 4.90 Å². The SMILES string of the molecule is Cc1ccc(N)cc1-c1ccc(S(=O)(=O)NCCN(C)C)cc1. The number of sulfonamides is 1. The van der Waals surface area contributed by atoms with E-state index in [9.17, 15) is 8.42 Å². The molecule has 0 aliphatic carbocycles. The van der Waals surface area contributed by atoms with Crippen LogP contribution in [0.5, 0.6) is 0 Å². The van der Waals surface area contributed by atoms with Crippen molar-refractivity contribution in [3.63, 3.8) is 0 Å². The number of nitrogens with one attached hydrogen (secondary N) is 1. The second kappa shape index (κ2) is 7.12. The Hall–Kier alpha value is -1.89. The largest absolute Gasteiger partial charge is 0.399 e. The summed E-state index contributed by atoms with van der Waals surface area (Å²) < 4.78 is 27.1. The van der Waals surface area contributed by atoms with Crippen molar-refractivity contribution in [2.24, 2.45) is 0 Å². The fourth-order valence-electron chi connectivity index (χ4n) is 2.25. The normalized spacial score (nSPS) is 11.8. The van der Waals surface area contributed by atoms with Gasteiger partial charge < -0.3 is 10.6 Å². The maximum absolute atomic E-state index is 12.2. The Kier molecular flexibility index (Phi) is 5.41. The third-order valence-electron chi connectivity index (χ3n) is 3.59. The molecule has 23 heavy (non-hydrogen) atoms. The van der Waals surface area contributed by atoms with E-state index in [4.69, 9.17) is 5.73 Å². The van der Waals surface area contributed by atoms with Gasteiger partial charge in [-0.25, -0.2) is 13.1 Å². The van der Waals surface area contributed by atoms with Crippen molar-refractivity contribution in [3.8, 4) is 11.1 Å². The van der Waals surface area contributed by atoms with Gasteiger partial charge >= 0.3 is 0 Å². The highest BCUT2D eigenvalue weighted by molar-refractivity contribution is 7.89. The van der Waals surface area contributed by atoms with Crippen LogP contribution >= 0.6 is 0 Å². The van der Waals surface area contributed by atoms with E-state index in [1.807, 2.05) is 56.3 Å². The van der Waals surface area contributed by atoms with E-state index >= 15 is 0 Å². The van der Waals surface area contributed by atoms with Gasteiger partial charge in [0, 0.05) is 18.8 Å². The lowest BCUT2D eigenvalue weighted by Gasteiger charge is -2.12. The summed E-state index contributed by atoms with van der Waals surface area (Å²) in [7, 11) is 0.325. The van der Waals surface area contributed by atoms with Crippen molar-refractivity contribution in [3.05, 3.63) is 48.0 Å². The quantitative estimate of drug-likeness (QED) is 0.794. The first-order chi connectivity index (χ1) is 10.8. The van der Waals surface area contributed by atoms with Crippen LogP contribution in [0.25, 0.3) is 11.1 Å². The maximum atomic E-state index is 12.2. The van der Waals surface area contributed by atoms with Crippen LogP contribution in [0.1, 0.15) is 5.56 Å². The third-order valence-corrected chi connectivity index (χ3v) is 5.07. The number of benzene rings is 2. The van der Waals surface area contributed by atoms with Gasteiger partial charge in [0.15, 0.2) is 0 Å². The number of likely N-dealkylation sites (N-methyl/N-ethyl adjacent to an activating group) is 1. The molecule has 0 bridgehead atoms. The number of hydrogen-bond acceptors (Lipinski definition) is 4. The van der Waals surface area contributed by atoms with Crippen LogP contribution in [-0.2, 0) is 10.0 Å². The second-order valence-corrected chi connectivity index (χ2v) is 7.57. The van der Waals surface area contributed by atoms with Crippen molar-refractivity contribution in [2.75, 3.05) is 32.9 Å². The first-order valence-electron chi connectivity index (χ1n) is 7.40. The van der Waals surface area contributed by atoms with E-state index in [1.54, 1.807) is 12.1 Å². The van der Waals surface area contributed by atoms with Crippen LogP contribution in [0, 0.1) is 6.92 Å². The van der Waals surface area contributed by atoms with Gasteiger partial charge in [-0.2, -0.15) is 0 Å². The van der Waals surface area contributed by atoms with E-state index in [0.29, 0.717) is 18.8 Å². The summed E-state index contributed by atoms with van der Waals surface area (Å²) >= 11 is 0. The molecule has 0 saturated carbocycles. The number of aryl methyl sites for hydroxylation is 1. The predicted molar refractivity (Wildman–Crippen MR) is 94.8 cm³/mol. The first kappa shape index (κ1) is 17.5. The van der Waals surface area contributed by atoms with Crippen LogP contribution in [0.4, 0.5) is 5.69 Å². The Morgan fingerprint density at radius 1 is 1.09 bits per heavy atom. The first-order valence-corrected chi connectivity index (χ1v) is 8.89. The standard InChI is InChI=1S/C17H23N3O2S/c1-13-4-7-15(18)12-17(13)14-5-8-16(9-6-14)23(21,22)19-10-11-20(2)3/h4-9,12,19H,10-11,18H2,1-3H3.